The quantitative estimate of drug-likeness (QED) is 0.361. The van der Waals surface area contributed by atoms with Crippen LogP contribution in [-0.2, 0) is 12.3 Å². The van der Waals surface area contributed by atoms with Crippen LogP contribution in [0.5, 0.6) is 0 Å². The molecule has 0 N–H and O–H groups in total. The minimum Gasteiger partial charge on any atom is -0.293 e. The first kappa shape index (κ1) is 21.3. The van der Waals surface area contributed by atoms with Crippen LogP contribution in [-0.4, -0.2) is 12.8 Å². The minimum atomic E-state index is -4.28. The Hall–Kier alpha value is -1.46. The van der Waals surface area contributed by atoms with E-state index in [4.69, 9.17) is 0 Å². The molecule has 2 heterocycles. The molecule has 0 aliphatic heterocycles. The standard InChI is InChI=1S/C21H21F3NP3/c1-13(2)19(14(3)25-4)16-9-18-20(26-10-16)28(12-27-18)11-15-5-7-17(8-6-15)21(22,23)24/h5-10,12H,11H2,1-4H3. The van der Waals surface area contributed by atoms with Crippen molar-refractivity contribution >= 4 is 45.2 Å². The highest BCUT2D eigenvalue weighted by atomic mass is 31.1. The number of nitrogens with zero attached hydrogens (tertiary/aromatic N) is 1. The Morgan fingerprint density at radius 3 is 2.32 bits per heavy atom. The van der Waals surface area contributed by atoms with E-state index in [2.05, 4.69) is 36.2 Å². The summed E-state index contributed by atoms with van der Waals surface area (Å²) in [6.07, 6.45) is -3.48. The van der Waals surface area contributed by atoms with Crippen LogP contribution in [0.3, 0.4) is 0 Å². The topological polar surface area (TPSA) is 12.4 Å². The molecular formula is C21H21F3NP3. The van der Waals surface area contributed by atoms with Crippen molar-refractivity contribution in [3.63, 3.8) is 0 Å². The molecule has 3 rings (SSSR count). The Kier molecular flexibility index (Phi) is 6.45. The number of hydrogen-bond donors (Lipinski definition) is 0. The molecule has 1 unspecified atom stereocenters. The molecule has 1 nitrogen and oxygen atoms in total. The van der Waals surface area contributed by atoms with Crippen LogP contribution in [0, 0.1) is 0 Å². The van der Waals surface area contributed by atoms with Crippen LogP contribution in [0.15, 0.2) is 52.2 Å². The molecule has 1 atom stereocenters. The van der Waals surface area contributed by atoms with Gasteiger partial charge in [0.15, 0.2) is 0 Å². The van der Waals surface area contributed by atoms with Crippen molar-refractivity contribution in [2.24, 2.45) is 4.99 Å². The average Bonchev–Trinajstić information content (AvgIpc) is 3.03. The molecule has 28 heavy (non-hydrogen) atoms. The summed E-state index contributed by atoms with van der Waals surface area (Å²) < 4.78 is 38.3. The van der Waals surface area contributed by atoms with E-state index in [9.17, 15) is 13.2 Å². The van der Waals surface area contributed by atoms with Crippen molar-refractivity contribution in [2.75, 3.05) is 7.05 Å². The molecule has 7 heteroatoms. The van der Waals surface area contributed by atoms with Gasteiger partial charge in [-0.05, 0) is 61.4 Å². The molecule has 0 spiro atoms. The summed E-state index contributed by atoms with van der Waals surface area (Å²) in [6, 6.07) is 7.85. The van der Waals surface area contributed by atoms with Gasteiger partial charge >= 0.3 is 6.18 Å². The Bertz CT molecular complexity index is 1060. The van der Waals surface area contributed by atoms with Crippen LogP contribution >= 0.6 is 23.9 Å². The lowest BCUT2D eigenvalue weighted by molar-refractivity contribution is -0.137. The van der Waals surface area contributed by atoms with Crippen LogP contribution in [0.25, 0.3) is 15.5 Å². The van der Waals surface area contributed by atoms with E-state index in [1.54, 1.807) is 12.1 Å². The molecule has 2 aromatic heterocycles. The molecule has 0 saturated heterocycles. The van der Waals surface area contributed by atoms with Gasteiger partial charge in [0, 0.05) is 34.5 Å². The summed E-state index contributed by atoms with van der Waals surface area (Å²) in [5, 5.41) is 1.33. The monoisotopic (exact) mass is 437 g/mol. The van der Waals surface area contributed by atoms with Gasteiger partial charge in [-0.15, -0.1) is 7.53 Å². The molecule has 0 aliphatic carbocycles. The summed E-state index contributed by atoms with van der Waals surface area (Å²) in [4.78, 5) is 5.77. The second-order valence-corrected chi connectivity index (χ2v) is 11.5. The van der Waals surface area contributed by atoms with Crippen molar-refractivity contribution in [3.8, 4) is 0 Å². The zero-order valence-electron chi connectivity index (χ0n) is 16.2. The zero-order chi connectivity index (χ0) is 20.5. The van der Waals surface area contributed by atoms with Gasteiger partial charge in [0.25, 0.3) is 0 Å². The van der Waals surface area contributed by atoms with E-state index in [1.165, 1.54) is 55.2 Å². The first-order chi connectivity index (χ1) is 13.2. The predicted molar refractivity (Wildman–Crippen MR) is 120 cm³/mol. The van der Waals surface area contributed by atoms with Gasteiger partial charge in [0.1, 0.15) is 0 Å². The van der Waals surface area contributed by atoms with Crippen molar-refractivity contribution in [1.29, 1.82) is 0 Å². The van der Waals surface area contributed by atoms with E-state index >= 15 is 0 Å². The lowest BCUT2D eigenvalue weighted by Crippen LogP contribution is -2.04. The van der Waals surface area contributed by atoms with Gasteiger partial charge in [-0.1, -0.05) is 34.1 Å². The number of fused-ring (bicyclic) bond motifs is 1. The van der Waals surface area contributed by atoms with Crippen molar-refractivity contribution < 1.29 is 13.2 Å². The summed E-state index contributed by atoms with van der Waals surface area (Å²) >= 11 is 0. The van der Waals surface area contributed by atoms with Gasteiger partial charge in [-0.3, -0.25) is 4.99 Å². The molecule has 146 valence electrons. The Morgan fingerprint density at radius 1 is 1.07 bits per heavy atom. The number of halogens is 3. The number of aliphatic imine (C=N–C) groups is 1. The third-order valence-electron chi connectivity index (χ3n) is 4.58. The Labute approximate surface area is 167 Å². The van der Waals surface area contributed by atoms with E-state index in [1.807, 2.05) is 14.0 Å². The maximum absolute atomic E-state index is 12.8. The Balaban J connectivity index is 1.92. The highest BCUT2D eigenvalue weighted by molar-refractivity contribution is 7.72. The van der Waals surface area contributed by atoms with Gasteiger partial charge in [0.05, 0.1) is 5.56 Å². The highest BCUT2D eigenvalue weighted by Gasteiger charge is 2.29. The first-order valence-corrected chi connectivity index (χ1v) is 12.3. The number of benzene rings is 1. The molecule has 0 bridgehead atoms. The lowest BCUT2D eigenvalue weighted by atomic mass is 10.00. The van der Waals surface area contributed by atoms with Crippen molar-refractivity contribution in [3.05, 3.63) is 63.9 Å². The second-order valence-electron chi connectivity index (χ2n) is 6.82. The van der Waals surface area contributed by atoms with Gasteiger partial charge in [-0.2, -0.15) is 13.2 Å². The smallest absolute Gasteiger partial charge is 0.293 e. The number of rotatable bonds is 4. The van der Waals surface area contributed by atoms with Crippen LogP contribution < -0.4 is 0 Å². The minimum absolute atomic E-state index is 0.463. The van der Waals surface area contributed by atoms with E-state index in [-0.39, 0.29) is 0 Å². The van der Waals surface area contributed by atoms with E-state index < -0.39 is 19.3 Å². The average molecular weight is 437 g/mol. The summed E-state index contributed by atoms with van der Waals surface area (Å²) in [5.74, 6) is 2.24. The maximum Gasteiger partial charge on any atom is 0.416 e. The summed E-state index contributed by atoms with van der Waals surface area (Å²) in [7, 11) is 3.75. The first-order valence-electron chi connectivity index (χ1n) is 8.79. The fourth-order valence-electron chi connectivity index (χ4n) is 3.17. The predicted octanol–water partition coefficient (Wildman–Crippen LogP) is 8.94. The van der Waals surface area contributed by atoms with Crippen LogP contribution in [0.2, 0.25) is 0 Å². The van der Waals surface area contributed by atoms with Gasteiger partial charge < -0.3 is 0 Å². The maximum atomic E-state index is 12.8. The van der Waals surface area contributed by atoms with Crippen LogP contribution in [0.4, 0.5) is 13.2 Å². The molecular weight excluding hydrogens is 416 g/mol. The Morgan fingerprint density at radius 2 is 1.75 bits per heavy atom. The van der Waals surface area contributed by atoms with Crippen LogP contribution in [0.1, 0.15) is 37.5 Å². The number of hydrogen-bond acceptors (Lipinski definition) is 1. The molecule has 0 aliphatic rings. The molecule has 0 radical (unpaired) electrons. The third kappa shape index (κ3) is 4.57. The second kappa shape index (κ2) is 8.50. The fourth-order valence-corrected chi connectivity index (χ4v) is 9.44. The molecule has 0 fully saturated rings. The van der Waals surface area contributed by atoms with Gasteiger partial charge in [0.2, 0.25) is 0 Å². The van der Waals surface area contributed by atoms with Crippen molar-refractivity contribution in [2.45, 2.75) is 33.1 Å². The highest BCUT2D eigenvalue weighted by Crippen LogP contribution is 2.51. The number of allylic oxidation sites excluding steroid dienone is 2. The molecule has 0 amide bonds. The lowest BCUT2D eigenvalue weighted by Gasteiger charge is -2.10. The molecule has 3 aromatic rings. The number of alkyl halides is 3. The van der Waals surface area contributed by atoms with E-state index in [0.717, 1.165) is 17.4 Å². The third-order valence-corrected chi connectivity index (χ3v) is 10.6. The normalized spacial score (nSPS) is 13.7. The molecule has 0 saturated carbocycles. The summed E-state index contributed by atoms with van der Waals surface area (Å²) in [6.45, 7) is 6.25. The molecule has 1 aromatic carbocycles. The fraction of sp³-hybridized carbons (Fsp3) is 0.286. The summed E-state index contributed by atoms with van der Waals surface area (Å²) in [5.41, 5.74) is 7.40. The zero-order valence-corrected chi connectivity index (χ0v) is 18.9. The SMILES string of the molecule is CN=C(C)C(=C(C)C)c1cpc2c(c1)pcp2Cc1ccc(C(F)(F)F)cc1. The van der Waals surface area contributed by atoms with E-state index in [0.29, 0.717) is 0 Å². The largest absolute Gasteiger partial charge is 0.416 e. The van der Waals surface area contributed by atoms with Crippen molar-refractivity contribution in [1.82, 2.24) is 0 Å². The van der Waals surface area contributed by atoms with Gasteiger partial charge in [-0.25, -0.2) is 0 Å².